The predicted molar refractivity (Wildman–Crippen MR) is 101 cm³/mol. The summed E-state index contributed by atoms with van der Waals surface area (Å²) in [5.41, 5.74) is 2.97. The van der Waals surface area contributed by atoms with Gasteiger partial charge < -0.3 is 14.4 Å². The molecule has 2 aromatic carbocycles. The van der Waals surface area contributed by atoms with E-state index in [0.717, 1.165) is 22.7 Å². The molecule has 1 aliphatic heterocycles. The predicted octanol–water partition coefficient (Wildman–Crippen LogP) is 3.01. The van der Waals surface area contributed by atoms with Crippen molar-refractivity contribution in [1.82, 2.24) is 14.8 Å². The van der Waals surface area contributed by atoms with E-state index in [1.54, 1.807) is 35.2 Å². The largest absolute Gasteiger partial charge is 0.496 e. The van der Waals surface area contributed by atoms with Crippen LogP contribution in [0.25, 0.3) is 5.69 Å². The first-order valence-electron chi connectivity index (χ1n) is 8.69. The highest BCUT2D eigenvalue weighted by Gasteiger charge is 2.30. The van der Waals surface area contributed by atoms with Gasteiger partial charge in [-0.2, -0.15) is 5.10 Å². The first kappa shape index (κ1) is 17.1. The summed E-state index contributed by atoms with van der Waals surface area (Å²) in [5, 5.41) is 4.13. The zero-order valence-electron chi connectivity index (χ0n) is 15.4. The van der Waals surface area contributed by atoms with E-state index in [1.807, 2.05) is 38.1 Å². The topological polar surface area (TPSA) is 69.5 Å². The zero-order chi connectivity index (χ0) is 19.0. The summed E-state index contributed by atoms with van der Waals surface area (Å²) in [6.45, 7) is 4.40. The molecule has 0 unspecified atom stereocenters. The van der Waals surface area contributed by atoms with Crippen molar-refractivity contribution >= 4 is 11.6 Å². The first-order valence-corrected chi connectivity index (χ1v) is 8.69. The van der Waals surface area contributed by atoms with Crippen LogP contribution in [0.5, 0.6) is 11.5 Å². The fourth-order valence-corrected chi connectivity index (χ4v) is 3.28. The second-order valence-electron chi connectivity index (χ2n) is 6.49. The number of amides is 1. The number of nitrogens with zero attached hydrogens (tertiary/aromatic N) is 4. The van der Waals surface area contributed by atoms with Gasteiger partial charge in [-0.3, -0.25) is 4.79 Å². The average Bonchev–Trinajstić information content (AvgIpc) is 3.22. The molecule has 1 aromatic heterocycles. The van der Waals surface area contributed by atoms with Crippen molar-refractivity contribution in [1.29, 1.82) is 0 Å². The van der Waals surface area contributed by atoms with Crippen molar-refractivity contribution in [2.24, 2.45) is 0 Å². The second kappa shape index (κ2) is 6.75. The van der Waals surface area contributed by atoms with Crippen molar-refractivity contribution < 1.29 is 14.3 Å². The van der Waals surface area contributed by atoms with Crippen LogP contribution in [-0.2, 0) is 0 Å². The van der Waals surface area contributed by atoms with Gasteiger partial charge >= 0.3 is 0 Å². The first-order chi connectivity index (χ1) is 13.1. The minimum absolute atomic E-state index is 0.105. The maximum atomic E-state index is 13.5. The molecule has 0 spiro atoms. The lowest BCUT2D eigenvalue weighted by Gasteiger charge is -2.34. The van der Waals surface area contributed by atoms with E-state index in [9.17, 15) is 4.79 Å². The van der Waals surface area contributed by atoms with Crippen LogP contribution in [0.4, 0.5) is 5.69 Å². The van der Waals surface area contributed by atoms with E-state index >= 15 is 0 Å². The molecular formula is C20H20N4O3. The number of benzene rings is 2. The highest BCUT2D eigenvalue weighted by Crippen LogP contribution is 2.38. The van der Waals surface area contributed by atoms with Gasteiger partial charge in [-0.1, -0.05) is 12.1 Å². The highest BCUT2D eigenvalue weighted by atomic mass is 16.5. The Labute approximate surface area is 157 Å². The smallest absolute Gasteiger partial charge is 0.262 e. The lowest BCUT2D eigenvalue weighted by atomic mass is 10.1. The van der Waals surface area contributed by atoms with Crippen LogP contribution in [0.1, 0.15) is 22.8 Å². The van der Waals surface area contributed by atoms with Gasteiger partial charge in [-0.05, 0) is 43.7 Å². The fraction of sp³-hybridized carbons (Fsp3) is 0.250. The number of hydrogen-bond donors (Lipinski definition) is 0. The highest BCUT2D eigenvalue weighted by molar-refractivity contribution is 6.09. The van der Waals surface area contributed by atoms with Gasteiger partial charge in [0.05, 0.1) is 30.6 Å². The average molecular weight is 364 g/mol. The Morgan fingerprint density at radius 3 is 2.89 bits per heavy atom. The molecule has 1 atom stereocenters. The van der Waals surface area contributed by atoms with Gasteiger partial charge in [-0.25, -0.2) is 9.67 Å². The number of fused-ring (bicyclic) bond motifs is 1. The quantitative estimate of drug-likeness (QED) is 0.715. The molecule has 3 aromatic rings. The van der Waals surface area contributed by atoms with E-state index in [1.165, 1.54) is 6.33 Å². The van der Waals surface area contributed by atoms with Crippen molar-refractivity contribution in [2.75, 3.05) is 18.6 Å². The van der Waals surface area contributed by atoms with Gasteiger partial charge in [0.15, 0.2) is 0 Å². The number of methoxy groups -OCH3 is 1. The summed E-state index contributed by atoms with van der Waals surface area (Å²) in [6, 6.07) is 11.2. The molecule has 0 radical (unpaired) electrons. The molecule has 7 heteroatoms. The van der Waals surface area contributed by atoms with E-state index < -0.39 is 0 Å². The molecule has 2 heterocycles. The molecule has 0 fully saturated rings. The normalized spacial score (nSPS) is 15.8. The minimum Gasteiger partial charge on any atom is -0.496 e. The molecule has 0 N–H and O–H groups in total. The Morgan fingerprint density at radius 1 is 1.30 bits per heavy atom. The third-order valence-electron chi connectivity index (χ3n) is 4.58. The lowest BCUT2D eigenvalue weighted by molar-refractivity contribution is 0.0958. The van der Waals surface area contributed by atoms with Gasteiger partial charge in [0.2, 0.25) is 0 Å². The maximum Gasteiger partial charge on any atom is 0.262 e. The number of aryl methyl sites for hydroxylation is 1. The molecule has 1 aliphatic rings. The van der Waals surface area contributed by atoms with Crippen molar-refractivity contribution in [2.45, 2.75) is 20.0 Å². The molecule has 138 valence electrons. The van der Waals surface area contributed by atoms with Crippen LogP contribution < -0.4 is 14.4 Å². The number of para-hydroxylation sites is 1. The monoisotopic (exact) mass is 364 g/mol. The number of hydrogen-bond acceptors (Lipinski definition) is 5. The summed E-state index contributed by atoms with van der Waals surface area (Å²) in [5.74, 6) is 1.11. The molecule has 0 aliphatic carbocycles. The molecule has 1 amide bonds. The summed E-state index contributed by atoms with van der Waals surface area (Å²) in [7, 11) is 1.56. The second-order valence-corrected chi connectivity index (χ2v) is 6.49. The van der Waals surface area contributed by atoms with Crippen LogP contribution >= 0.6 is 0 Å². The molecule has 0 saturated carbocycles. The molecule has 7 nitrogen and oxygen atoms in total. The van der Waals surface area contributed by atoms with Crippen LogP contribution in [0.3, 0.4) is 0 Å². The Hall–Kier alpha value is -3.35. The van der Waals surface area contributed by atoms with E-state index in [2.05, 4.69) is 10.1 Å². The van der Waals surface area contributed by atoms with Crippen LogP contribution in [-0.4, -0.2) is 40.4 Å². The lowest BCUT2D eigenvalue weighted by Crippen LogP contribution is -2.42. The van der Waals surface area contributed by atoms with E-state index in [-0.39, 0.29) is 12.0 Å². The van der Waals surface area contributed by atoms with Gasteiger partial charge in [-0.15, -0.1) is 0 Å². The molecule has 0 bridgehead atoms. The van der Waals surface area contributed by atoms with Crippen LogP contribution in [0.15, 0.2) is 49.1 Å². The number of carbonyl (C=O) groups excluding carboxylic acids is 1. The zero-order valence-corrected chi connectivity index (χ0v) is 15.4. The number of anilines is 1. The summed E-state index contributed by atoms with van der Waals surface area (Å²) >= 11 is 0. The molecule has 27 heavy (non-hydrogen) atoms. The van der Waals surface area contributed by atoms with Crippen molar-refractivity contribution in [3.63, 3.8) is 0 Å². The SMILES string of the molecule is COc1ccc(-n2cncn2)cc1C(=O)N1C[C@H](C)Oc2c(C)cccc21. The molecule has 4 rings (SSSR count). The summed E-state index contributed by atoms with van der Waals surface area (Å²) < 4.78 is 13.0. The number of ether oxygens (including phenoxy) is 2. The molecule has 0 saturated heterocycles. The van der Waals surface area contributed by atoms with Gasteiger partial charge in [0, 0.05) is 0 Å². The third kappa shape index (κ3) is 3.01. The maximum absolute atomic E-state index is 13.5. The molecular weight excluding hydrogens is 344 g/mol. The number of carbonyl (C=O) groups is 1. The third-order valence-corrected chi connectivity index (χ3v) is 4.58. The Balaban J connectivity index is 1.79. The van der Waals surface area contributed by atoms with Crippen LogP contribution in [0, 0.1) is 6.92 Å². The van der Waals surface area contributed by atoms with Crippen molar-refractivity contribution in [3.8, 4) is 17.2 Å². The number of rotatable bonds is 3. The van der Waals surface area contributed by atoms with E-state index in [0.29, 0.717) is 17.9 Å². The van der Waals surface area contributed by atoms with Gasteiger partial charge in [0.1, 0.15) is 30.3 Å². The fourth-order valence-electron chi connectivity index (χ4n) is 3.28. The summed E-state index contributed by atoms with van der Waals surface area (Å²) in [4.78, 5) is 19.2. The Bertz CT molecular complexity index is 985. The van der Waals surface area contributed by atoms with Gasteiger partial charge in [0.25, 0.3) is 5.91 Å². The van der Waals surface area contributed by atoms with Crippen molar-refractivity contribution in [3.05, 3.63) is 60.2 Å². The summed E-state index contributed by atoms with van der Waals surface area (Å²) in [6.07, 6.45) is 2.94. The number of aromatic nitrogens is 3. The Kier molecular flexibility index (Phi) is 4.27. The van der Waals surface area contributed by atoms with E-state index in [4.69, 9.17) is 9.47 Å². The van der Waals surface area contributed by atoms with Crippen LogP contribution in [0.2, 0.25) is 0 Å². The Morgan fingerprint density at radius 2 is 2.15 bits per heavy atom. The minimum atomic E-state index is -0.143. The standard InChI is InChI=1S/C20H20N4O3/c1-13-5-4-6-17-19(13)27-14(2)10-23(17)20(25)16-9-15(7-8-18(16)26-3)24-12-21-11-22-24/h4-9,11-12,14H,10H2,1-3H3/t14-/m0/s1.